The first kappa shape index (κ1) is 16.0. The van der Waals surface area contributed by atoms with Crippen molar-refractivity contribution in [3.63, 3.8) is 0 Å². The lowest BCUT2D eigenvalue weighted by Crippen LogP contribution is -2.48. The van der Waals surface area contributed by atoms with Gasteiger partial charge in [-0.25, -0.2) is 4.39 Å². The van der Waals surface area contributed by atoms with Gasteiger partial charge in [0.05, 0.1) is 6.26 Å². The number of para-hydroxylation sites is 1. The molecule has 0 amide bonds. The zero-order valence-electron chi connectivity index (χ0n) is 14.6. The summed E-state index contributed by atoms with van der Waals surface area (Å²) in [4.78, 5) is 2.18. The summed E-state index contributed by atoms with van der Waals surface area (Å²) in [6.07, 6.45) is 5.09. The Bertz CT molecular complexity index is 958. The minimum absolute atomic E-state index is 0.224. The van der Waals surface area contributed by atoms with Gasteiger partial charge in [-0.1, -0.05) is 24.3 Å². The van der Waals surface area contributed by atoms with Crippen LogP contribution in [0.5, 0.6) is 0 Å². The molecule has 26 heavy (non-hydrogen) atoms. The van der Waals surface area contributed by atoms with E-state index >= 15 is 0 Å². The van der Waals surface area contributed by atoms with Crippen LogP contribution < -0.4 is 0 Å². The van der Waals surface area contributed by atoms with Crippen molar-refractivity contribution in [1.29, 1.82) is 0 Å². The molecule has 3 aromatic rings. The van der Waals surface area contributed by atoms with Crippen molar-refractivity contribution < 1.29 is 13.9 Å². The van der Waals surface area contributed by atoms with Gasteiger partial charge in [-0.15, -0.1) is 0 Å². The third kappa shape index (κ3) is 2.40. The van der Waals surface area contributed by atoms with Gasteiger partial charge in [-0.3, -0.25) is 4.90 Å². The zero-order valence-corrected chi connectivity index (χ0v) is 14.6. The fourth-order valence-electron chi connectivity index (χ4n) is 4.83. The van der Waals surface area contributed by atoms with E-state index in [9.17, 15) is 9.50 Å². The summed E-state index contributed by atoms with van der Waals surface area (Å²) in [7, 11) is 0. The van der Waals surface area contributed by atoms with Crippen LogP contribution in [0.15, 0.2) is 53.1 Å². The lowest BCUT2D eigenvalue weighted by molar-refractivity contribution is -0.123. The van der Waals surface area contributed by atoms with Crippen LogP contribution in [0.25, 0.3) is 11.0 Å². The Morgan fingerprint density at radius 3 is 2.81 bits per heavy atom. The van der Waals surface area contributed by atoms with E-state index < -0.39 is 5.72 Å². The summed E-state index contributed by atoms with van der Waals surface area (Å²) in [5, 5.41) is 12.5. The number of benzene rings is 2. The second-order valence-electron chi connectivity index (χ2n) is 7.57. The second kappa shape index (κ2) is 5.93. The summed E-state index contributed by atoms with van der Waals surface area (Å²) >= 11 is 0. The molecule has 2 aliphatic rings. The molecule has 0 saturated carbocycles. The normalized spacial score (nSPS) is 24.2. The van der Waals surface area contributed by atoms with Gasteiger partial charge in [0.25, 0.3) is 0 Å². The second-order valence-corrected chi connectivity index (χ2v) is 7.57. The Labute approximate surface area is 152 Å². The first-order valence-corrected chi connectivity index (χ1v) is 9.37. The van der Waals surface area contributed by atoms with E-state index in [0.717, 1.165) is 54.4 Å². The number of rotatable bonds is 2. The van der Waals surface area contributed by atoms with Gasteiger partial charge in [0.1, 0.15) is 17.1 Å². The van der Waals surface area contributed by atoms with Crippen molar-refractivity contribution in [1.82, 2.24) is 4.90 Å². The molecule has 1 fully saturated rings. The van der Waals surface area contributed by atoms with Gasteiger partial charge >= 0.3 is 0 Å². The van der Waals surface area contributed by atoms with Crippen molar-refractivity contribution in [2.45, 2.75) is 37.3 Å². The number of aliphatic hydroxyl groups is 1. The number of furan rings is 1. The molecular formula is C22H22FNO2. The summed E-state index contributed by atoms with van der Waals surface area (Å²) < 4.78 is 19.2. The van der Waals surface area contributed by atoms with Crippen LogP contribution in [-0.2, 0) is 12.1 Å². The van der Waals surface area contributed by atoms with E-state index in [1.807, 2.05) is 6.07 Å². The molecule has 3 nitrogen and oxygen atoms in total. The minimum atomic E-state index is -0.954. The molecule has 0 radical (unpaired) electrons. The van der Waals surface area contributed by atoms with Crippen molar-refractivity contribution in [3.05, 3.63) is 71.2 Å². The van der Waals surface area contributed by atoms with E-state index in [-0.39, 0.29) is 5.82 Å². The maximum Gasteiger partial charge on any atom is 0.145 e. The smallest absolute Gasteiger partial charge is 0.145 e. The number of fused-ring (bicyclic) bond motifs is 2. The van der Waals surface area contributed by atoms with Gasteiger partial charge < -0.3 is 9.52 Å². The highest BCUT2D eigenvalue weighted by atomic mass is 19.1. The number of aryl methyl sites for hydroxylation is 1. The minimum Gasteiger partial charge on any atom is -0.464 e. The van der Waals surface area contributed by atoms with Gasteiger partial charge in [0.2, 0.25) is 0 Å². The Hall–Kier alpha value is -2.17. The average Bonchev–Trinajstić information content (AvgIpc) is 3.27. The Balaban J connectivity index is 1.37. The van der Waals surface area contributed by atoms with Crippen molar-refractivity contribution in [2.75, 3.05) is 13.1 Å². The molecule has 4 heteroatoms. The number of piperidine rings is 1. The summed E-state index contributed by atoms with van der Waals surface area (Å²) in [6.45, 7) is 1.66. The third-order valence-electron chi connectivity index (χ3n) is 6.21. The summed E-state index contributed by atoms with van der Waals surface area (Å²) in [6, 6.07) is 13.1. The van der Waals surface area contributed by atoms with Gasteiger partial charge in [-0.05, 0) is 60.9 Å². The summed E-state index contributed by atoms with van der Waals surface area (Å²) in [5.41, 5.74) is 3.13. The molecule has 0 bridgehead atoms. The predicted molar refractivity (Wildman–Crippen MR) is 98.4 cm³/mol. The number of hydrogen-bond donors (Lipinski definition) is 1. The number of hydrogen-bond acceptors (Lipinski definition) is 3. The fourth-order valence-corrected chi connectivity index (χ4v) is 4.83. The van der Waals surface area contributed by atoms with Crippen LogP contribution >= 0.6 is 0 Å². The van der Waals surface area contributed by atoms with E-state index in [4.69, 9.17) is 4.42 Å². The van der Waals surface area contributed by atoms with E-state index in [1.54, 1.807) is 18.4 Å². The molecule has 1 N–H and O–H groups in total. The molecule has 1 aliphatic carbocycles. The van der Waals surface area contributed by atoms with E-state index in [2.05, 4.69) is 23.1 Å². The molecule has 5 rings (SSSR count). The predicted octanol–water partition coefficient (Wildman–Crippen LogP) is 4.54. The maximum absolute atomic E-state index is 13.5. The molecule has 1 unspecified atom stereocenters. The van der Waals surface area contributed by atoms with E-state index in [1.165, 1.54) is 11.6 Å². The lowest BCUT2D eigenvalue weighted by atomic mass is 9.87. The van der Waals surface area contributed by atoms with Crippen LogP contribution in [-0.4, -0.2) is 23.1 Å². The number of nitrogens with zero attached hydrogens (tertiary/aromatic N) is 1. The van der Waals surface area contributed by atoms with Crippen LogP contribution in [0.2, 0.25) is 0 Å². The number of halogens is 1. The molecule has 1 saturated heterocycles. The van der Waals surface area contributed by atoms with Crippen LogP contribution in [0, 0.1) is 5.82 Å². The number of likely N-dealkylation sites (tertiary alicyclic amines) is 1. The molecule has 2 heterocycles. The highest BCUT2D eigenvalue weighted by molar-refractivity contribution is 5.80. The van der Waals surface area contributed by atoms with E-state index in [0.29, 0.717) is 12.3 Å². The molecule has 134 valence electrons. The quantitative estimate of drug-likeness (QED) is 0.736. The highest BCUT2D eigenvalue weighted by Gasteiger charge is 2.43. The van der Waals surface area contributed by atoms with Gasteiger partial charge in [0.15, 0.2) is 0 Å². The standard InChI is InChI=1S/C22H22FNO2/c23-18-4-5-20-17(14-18)6-10-22(20,25)24-11-7-15(8-12-24)19-3-1-2-16-9-13-26-21(16)19/h1-5,9,13-15,25H,6-8,10-12H2. The largest absolute Gasteiger partial charge is 0.464 e. The molecule has 2 aromatic carbocycles. The molecule has 1 atom stereocenters. The summed E-state index contributed by atoms with van der Waals surface area (Å²) in [5.74, 6) is 0.219. The lowest BCUT2D eigenvalue weighted by Gasteiger charge is -2.42. The fraction of sp³-hybridized carbons (Fsp3) is 0.364. The zero-order chi connectivity index (χ0) is 17.7. The van der Waals surface area contributed by atoms with Crippen LogP contribution in [0.1, 0.15) is 41.9 Å². The van der Waals surface area contributed by atoms with Gasteiger partial charge in [0, 0.05) is 24.0 Å². The first-order chi connectivity index (χ1) is 12.6. The van der Waals surface area contributed by atoms with Crippen molar-refractivity contribution in [2.24, 2.45) is 0 Å². The third-order valence-corrected chi connectivity index (χ3v) is 6.21. The first-order valence-electron chi connectivity index (χ1n) is 9.37. The SMILES string of the molecule is OC1(N2CCC(c3cccc4ccoc34)CC2)CCc2cc(F)ccc21. The van der Waals surface area contributed by atoms with Crippen molar-refractivity contribution in [3.8, 4) is 0 Å². The maximum atomic E-state index is 13.5. The van der Waals surface area contributed by atoms with Crippen LogP contribution in [0.4, 0.5) is 4.39 Å². The Morgan fingerprint density at radius 1 is 1.12 bits per heavy atom. The Kier molecular flexibility index (Phi) is 3.66. The monoisotopic (exact) mass is 351 g/mol. The van der Waals surface area contributed by atoms with Crippen molar-refractivity contribution >= 4 is 11.0 Å². The average molecular weight is 351 g/mol. The Morgan fingerprint density at radius 2 is 1.96 bits per heavy atom. The van der Waals surface area contributed by atoms with Gasteiger partial charge in [-0.2, -0.15) is 0 Å². The highest BCUT2D eigenvalue weighted by Crippen LogP contribution is 2.43. The molecule has 1 aliphatic heterocycles. The molecular weight excluding hydrogens is 329 g/mol. The topological polar surface area (TPSA) is 36.6 Å². The molecule has 1 aromatic heterocycles. The van der Waals surface area contributed by atoms with Crippen LogP contribution in [0.3, 0.4) is 0 Å². The molecule has 0 spiro atoms.